The molecule has 0 saturated heterocycles. The largest absolute Gasteiger partial charge is 0.365 e. The van der Waals surface area contributed by atoms with E-state index in [0.717, 1.165) is 6.04 Å². The molecular weight excluding hydrogens is 196 g/mol. The lowest BCUT2D eigenvalue weighted by Gasteiger charge is -2.34. The Morgan fingerprint density at radius 3 is 2.75 bits per heavy atom. The number of aryl methyl sites for hydroxylation is 1. The highest BCUT2D eigenvalue weighted by molar-refractivity contribution is 5.24. The highest BCUT2D eigenvalue weighted by Crippen LogP contribution is 2.23. The molecule has 0 unspecified atom stereocenters. The van der Waals surface area contributed by atoms with Crippen molar-refractivity contribution in [3.05, 3.63) is 23.5 Å². The quantitative estimate of drug-likeness (QED) is 0.808. The number of nitrogens with one attached hydrogen (secondary N) is 1. The van der Waals surface area contributed by atoms with Crippen molar-refractivity contribution in [3.63, 3.8) is 0 Å². The minimum Gasteiger partial charge on any atom is -0.365 e. The summed E-state index contributed by atoms with van der Waals surface area (Å²) in [5.41, 5.74) is 3.03. The molecule has 1 atom stereocenters. The first-order valence-electron chi connectivity index (χ1n) is 6.74. The van der Waals surface area contributed by atoms with Gasteiger partial charge in [-0.25, -0.2) is 0 Å². The molecule has 0 saturated carbocycles. The predicted molar refractivity (Wildman–Crippen MR) is 68.8 cm³/mol. The number of rotatable bonds is 5. The van der Waals surface area contributed by atoms with Crippen molar-refractivity contribution in [2.45, 2.75) is 52.0 Å². The number of nitrogens with zero attached hydrogens (tertiary/aromatic N) is 1. The molecule has 1 N–H and O–H groups in total. The van der Waals surface area contributed by atoms with E-state index < -0.39 is 0 Å². The molecule has 90 valence electrons. The SMILES string of the molecule is CCCN(CCC)[C@H]1CCc2[nH]ccc2C1. The van der Waals surface area contributed by atoms with Gasteiger partial charge >= 0.3 is 0 Å². The Morgan fingerprint density at radius 2 is 2.06 bits per heavy atom. The molecule has 0 amide bonds. The summed E-state index contributed by atoms with van der Waals surface area (Å²) in [5, 5.41) is 0. The number of hydrogen-bond donors (Lipinski definition) is 1. The second-order valence-electron chi connectivity index (χ2n) is 4.91. The van der Waals surface area contributed by atoms with E-state index in [2.05, 4.69) is 36.0 Å². The zero-order chi connectivity index (χ0) is 11.4. The lowest BCUT2D eigenvalue weighted by Crippen LogP contribution is -2.40. The van der Waals surface area contributed by atoms with E-state index in [1.54, 1.807) is 5.56 Å². The zero-order valence-electron chi connectivity index (χ0n) is 10.6. The van der Waals surface area contributed by atoms with Crippen molar-refractivity contribution < 1.29 is 0 Å². The van der Waals surface area contributed by atoms with E-state index in [-0.39, 0.29) is 0 Å². The van der Waals surface area contributed by atoms with E-state index >= 15 is 0 Å². The number of aromatic amines is 1. The molecule has 0 bridgehead atoms. The number of H-pyrrole nitrogens is 1. The van der Waals surface area contributed by atoms with E-state index in [1.165, 1.54) is 50.9 Å². The number of fused-ring (bicyclic) bond motifs is 1. The van der Waals surface area contributed by atoms with Crippen LogP contribution in [0.4, 0.5) is 0 Å². The lowest BCUT2D eigenvalue weighted by atomic mass is 9.92. The molecule has 1 aromatic heterocycles. The van der Waals surface area contributed by atoms with Gasteiger partial charge in [0.1, 0.15) is 0 Å². The van der Waals surface area contributed by atoms with Crippen LogP contribution in [-0.2, 0) is 12.8 Å². The van der Waals surface area contributed by atoms with Gasteiger partial charge in [-0.3, -0.25) is 0 Å². The summed E-state index contributed by atoms with van der Waals surface area (Å²) >= 11 is 0. The Balaban J connectivity index is 2.00. The van der Waals surface area contributed by atoms with Crippen molar-refractivity contribution in [3.8, 4) is 0 Å². The average molecular weight is 220 g/mol. The minimum absolute atomic E-state index is 0.781. The Hall–Kier alpha value is -0.760. The topological polar surface area (TPSA) is 19.0 Å². The molecule has 0 spiro atoms. The van der Waals surface area contributed by atoms with Crippen LogP contribution >= 0.6 is 0 Å². The van der Waals surface area contributed by atoms with Gasteiger partial charge in [0.05, 0.1) is 0 Å². The van der Waals surface area contributed by atoms with Crippen LogP contribution < -0.4 is 0 Å². The molecule has 0 aliphatic heterocycles. The molecule has 0 fully saturated rings. The van der Waals surface area contributed by atoms with Crippen molar-refractivity contribution >= 4 is 0 Å². The molecule has 1 aromatic rings. The lowest BCUT2D eigenvalue weighted by molar-refractivity contribution is 0.179. The molecule has 2 rings (SSSR count). The van der Waals surface area contributed by atoms with Crippen molar-refractivity contribution in [2.24, 2.45) is 0 Å². The highest BCUT2D eigenvalue weighted by Gasteiger charge is 2.23. The molecule has 1 aliphatic rings. The monoisotopic (exact) mass is 220 g/mol. The van der Waals surface area contributed by atoms with E-state index in [0.29, 0.717) is 0 Å². The summed E-state index contributed by atoms with van der Waals surface area (Å²) in [6.45, 7) is 7.09. The Morgan fingerprint density at radius 1 is 1.31 bits per heavy atom. The van der Waals surface area contributed by atoms with Gasteiger partial charge < -0.3 is 9.88 Å². The average Bonchev–Trinajstić information content (AvgIpc) is 2.75. The maximum atomic E-state index is 3.36. The van der Waals surface area contributed by atoms with Crippen molar-refractivity contribution in [1.82, 2.24) is 9.88 Å². The first-order chi connectivity index (χ1) is 7.85. The van der Waals surface area contributed by atoms with Crippen LogP contribution in [0.25, 0.3) is 0 Å². The van der Waals surface area contributed by atoms with Gasteiger partial charge in [-0.1, -0.05) is 13.8 Å². The summed E-state index contributed by atoms with van der Waals surface area (Å²) in [5.74, 6) is 0. The smallest absolute Gasteiger partial charge is 0.0180 e. The van der Waals surface area contributed by atoms with Crippen LogP contribution in [0.2, 0.25) is 0 Å². The first-order valence-corrected chi connectivity index (χ1v) is 6.74. The summed E-state index contributed by atoms with van der Waals surface area (Å²) in [6.07, 6.45) is 8.45. The van der Waals surface area contributed by atoms with Gasteiger partial charge in [-0.05, 0) is 56.8 Å². The van der Waals surface area contributed by atoms with Crippen LogP contribution in [-0.4, -0.2) is 29.0 Å². The number of hydrogen-bond acceptors (Lipinski definition) is 1. The van der Waals surface area contributed by atoms with E-state index in [9.17, 15) is 0 Å². The van der Waals surface area contributed by atoms with Crippen LogP contribution in [0.5, 0.6) is 0 Å². The van der Waals surface area contributed by atoms with Gasteiger partial charge in [-0.15, -0.1) is 0 Å². The maximum absolute atomic E-state index is 3.36. The zero-order valence-corrected chi connectivity index (χ0v) is 10.6. The fraction of sp³-hybridized carbons (Fsp3) is 0.714. The minimum atomic E-state index is 0.781. The van der Waals surface area contributed by atoms with Crippen LogP contribution in [0.3, 0.4) is 0 Å². The normalized spacial score (nSPS) is 20.1. The second kappa shape index (κ2) is 5.53. The molecule has 0 aromatic carbocycles. The Kier molecular flexibility index (Phi) is 4.05. The fourth-order valence-electron chi connectivity index (χ4n) is 2.89. The molecule has 0 radical (unpaired) electrons. The third-order valence-corrected chi connectivity index (χ3v) is 3.65. The highest BCUT2D eigenvalue weighted by atomic mass is 15.1. The molecule has 2 heteroatoms. The summed E-state index contributed by atoms with van der Waals surface area (Å²) in [7, 11) is 0. The molecule has 1 aliphatic carbocycles. The fourth-order valence-corrected chi connectivity index (χ4v) is 2.89. The standard InChI is InChI=1S/C14H24N2/c1-3-9-16(10-4-2)13-5-6-14-12(11-13)7-8-15-14/h7-8,13,15H,3-6,9-11H2,1-2H3/t13-/m0/s1. The van der Waals surface area contributed by atoms with E-state index in [1.807, 2.05) is 0 Å². The summed E-state index contributed by atoms with van der Waals surface area (Å²) < 4.78 is 0. The molecule has 1 heterocycles. The third-order valence-electron chi connectivity index (χ3n) is 3.65. The Bertz CT molecular complexity index is 310. The summed E-state index contributed by atoms with van der Waals surface area (Å²) in [4.78, 5) is 6.05. The maximum Gasteiger partial charge on any atom is 0.0180 e. The van der Waals surface area contributed by atoms with Gasteiger partial charge in [0.15, 0.2) is 0 Å². The summed E-state index contributed by atoms with van der Waals surface area (Å²) in [6, 6.07) is 3.04. The van der Waals surface area contributed by atoms with Crippen LogP contribution in [0.15, 0.2) is 12.3 Å². The second-order valence-corrected chi connectivity index (χ2v) is 4.91. The third kappa shape index (κ3) is 2.49. The van der Waals surface area contributed by atoms with Crippen LogP contribution in [0, 0.1) is 0 Å². The van der Waals surface area contributed by atoms with Gasteiger partial charge in [0.2, 0.25) is 0 Å². The molecule has 2 nitrogen and oxygen atoms in total. The Labute approximate surface area is 99.0 Å². The number of aromatic nitrogens is 1. The van der Waals surface area contributed by atoms with Gasteiger partial charge in [0, 0.05) is 17.9 Å². The molecule has 16 heavy (non-hydrogen) atoms. The van der Waals surface area contributed by atoms with Crippen molar-refractivity contribution in [1.29, 1.82) is 0 Å². The first kappa shape index (κ1) is 11.7. The van der Waals surface area contributed by atoms with Crippen LogP contribution in [0.1, 0.15) is 44.4 Å². The molecular formula is C14H24N2. The van der Waals surface area contributed by atoms with Gasteiger partial charge in [-0.2, -0.15) is 0 Å². The van der Waals surface area contributed by atoms with E-state index in [4.69, 9.17) is 0 Å². The van der Waals surface area contributed by atoms with Gasteiger partial charge in [0.25, 0.3) is 0 Å². The predicted octanol–water partition coefficient (Wildman–Crippen LogP) is 2.99. The van der Waals surface area contributed by atoms with Crippen molar-refractivity contribution in [2.75, 3.05) is 13.1 Å².